The third-order valence-electron chi connectivity index (χ3n) is 3.47. The number of benzene rings is 1. The summed E-state index contributed by atoms with van der Waals surface area (Å²) >= 11 is 5.97. The van der Waals surface area contributed by atoms with Crippen molar-refractivity contribution in [2.75, 3.05) is 0 Å². The van der Waals surface area contributed by atoms with Gasteiger partial charge in [0.25, 0.3) is 0 Å². The number of nitrogens with zero attached hydrogens (tertiary/aromatic N) is 3. The number of carboxylic acid groups (broad SMARTS) is 1. The molecule has 0 radical (unpaired) electrons. The molecule has 7 nitrogen and oxygen atoms in total. The Balaban J connectivity index is 1.88. The molecular weight excluding hydrogens is 370 g/mol. The first-order chi connectivity index (χ1) is 13.1. The van der Waals surface area contributed by atoms with Gasteiger partial charge in [0, 0.05) is 11.8 Å². The van der Waals surface area contributed by atoms with Crippen LogP contribution in [0.1, 0.15) is 12.5 Å². The molecule has 0 aliphatic rings. The summed E-state index contributed by atoms with van der Waals surface area (Å²) in [7, 11) is 0. The lowest BCUT2D eigenvalue weighted by Gasteiger charge is -2.11. The highest BCUT2D eigenvalue weighted by Crippen LogP contribution is 2.32. The van der Waals surface area contributed by atoms with E-state index in [4.69, 9.17) is 21.1 Å². The molecule has 0 aliphatic carbocycles. The van der Waals surface area contributed by atoms with Crippen LogP contribution < -0.4 is 9.47 Å². The number of rotatable bonds is 6. The van der Waals surface area contributed by atoms with Gasteiger partial charge in [-0.1, -0.05) is 35.9 Å². The van der Waals surface area contributed by atoms with E-state index >= 15 is 0 Å². The number of para-hydroxylation sites is 1. The zero-order valence-electron chi connectivity index (χ0n) is 14.2. The van der Waals surface area contributed by atoms with Crippen molar-refractivity contribution in [3.63, 3.8) is 0 Å². The van der Waals surface area contributed by atoms with Crippen LogP contribution in [-0.2, 0) is 4.79 Å². The number of carbonyl (C=O) groups is 1. The maximum Gasteiger partial charge on any atom is 0.336 e. The fraction of sp³-hybridized carbons (Fsp3) is 0.0526. The first-order valence-corrected chi connectivity index (χ1v) is 8.23. The van der Waals surface area contributed by atoms with Gasteiger partial charge in [-0.2, -0.15) is 0 Å². The number of aromatic nitrogens is 3. The number of pyridine rings is 1. The van der Waals surface area contributed by atoms with E-state index in [9.17, 15) is 9.90 Å². The third kappa shape index (κ3) is 4.39. The molecule has 0 saturated carbocycles. The molecule has 2 aromatic heterocycles. The van der Waals surface area contributed by atoms with Crippen LogP contribution in [0.15, 0.2) is 61.1 Å². The predicted octanol–water partition coefficient (Wildman–Crippen LogP) is 4.60. The van der Waals surface area contributed by atoms with Gasteiger partial charge in [-0.25, -0.2) is 19.7 Å². The van der Waals surface area contributed by atoms with E-state index in [2.05, 4.69) is 15.0 Å². The molecule has 0 amide bonds. The van der Waals surface area contributed by atoms with Gasteiger partial charge in [-0.15, -0.1) is 0 Å². The summed E-state index contributed by atoms with van der Waals surface area (Å²) in [5.74, 6) is 0.0278. The second-order valence-corrected chi connectivity index (χ2v) is 5.55. The monoisotopic (exact) mass is 383 g/mol. The molecule has 3 rings (SSSR count). The molecule has 0 unspecified atom stereocenters. The first-order valence-electron chi connectivity index (χ1n) is 7.85. The Bertz CT molecular complexity index is 1010. The van der Waals surface area contributed by atoms with Crippen molar-refractivity contribution in [2.45, 2.75) is 6.92 Å². The summed E-state index contributed by atoms with van der Waals surface area (Å²) in [4.78, 5) is 23.4. The van der Waals surface area contributed by atoms with E-state index in [1.807, 2.05) is 0 Å². The predicted molar refractivity (Wildman–Crippen MR) is 99.2 cm³/mol. The lowest BCUT2D eigenvalue weighted by atomic mass is 10.0. The van der Waals surface area contributed by atoms with E-state index in [1.165, 1.54) is 18.5 Å². The number of hydrogen-bond donors (Lipinski definition) is 1. The summed E-state index contributed by atoms with van der Waals surface area (Å²) < 4.78 is 11.4. The molecule has 2 heterocycles. The van der Waals surface area contributed by atoms with E-state index in [0.717, 1.165) is 0 Å². The Hall–Kier alpha value is -3.45. The Kier molecular flexibility index (Phi) is 5.63. The van der Waals surface area contributed by atoms with Crippen molar-refractivity contribution in [3.8, 4) is 23.3 Å². The molecule has 1 N–H and O–H groups in total. The van der Waals surface area contributed by atoms with Crippen molar-refractivity contribution < 1.29 is 19.4 Å². The van der Waals surface area contributed by atoms with Crippen LogP contribution >= 0.6 is 11.6 Å². The fourth-order valence-corrected chi connectivity index (χ4v) is 2.44. The highest BCUT2D eigenvalue weighted by Gasteiger charge is 2.15. The summed E-state index contributed by atoms with van der Waals surface area (Å²) in [5, 5.41) is 9.56. The molecule has 0 saturated heterocycles. The Labute approximate surface area is 159 Å². The molecule has 0 fully saturated rings. The minimum atomic E-state index is -1.05. The van der Waals surface area contributed by atoms with Crippen LogP contribution in [0, 0.1) is 0 Å². The lowest BCUT2D eigenvalue weighted by molar-refractivity contribution is -0.130. The van der Waals surface area contributed by atoms with Crippen LogP contribution in [0.3, 0.4) is 0 Å². The van der Waals surface area contributed by atoms with Crippen molar-refractivity contribution in [1.82, 2.24) is 15.0 Å². The molecule has 0 aliphatic heterocycles. The van der Waals surface area contributed by atoms with Gasteiger partial charge in [-0.3, -0.25) is 0 Å². The maximum atomic E-state index is 11.4. The fourth-order valence-electron chi connectivity index (χ4n) is 2.28. The molecule has 3 aromatic rings. The van der Waals surface area contributed by atoms with Crippen molar-refractivity contribution in [3.05, 3.63) is 71.8 Å². The van der Waals surface area contributed by atoms with E-state index in [-0.39, 0.29) is 22.5 Å². The molecule has 27 heavy (non-hydrogen) atoms. The van der Waals surface area contributed by atoms with Crippen molar-refractivity contribution in [2.24, 2.45) is 0 Å². The van der Waals surface area contributed by atoms with E-state index in [1.54, 1.807) is 49.5 Å². The maximum absolute atomic E-state index is 11.4. The topological polar surface area (TPSA) is 94.4 Å². The van der Waals surface area contributed by atoms with Gasteiger partial charge in [0.15, 0.2) is 10.9 Å². The van der Waals surface area contributed by atoms with Crippen molar-refractivity contribution in [1.29, 1.82) is 0 Å². The molecule has 0 bridgehead atoms. The molecule has 0 atom stereocenters. The number of carboxylic acids is 1. The number of halogens is 1. The van der Waals surface area contributed by atoms with Crippen LogP contribution in [0.5, 0.6) is 23.3 Å². The number of ether oxygens (including phenoxy) is 2. The third-order valence-corrected chi connectivity index (χ3v) is 3.75. The van der Waals surface area contributed by atoms with Gasteiger partial charge in [-0.05, 0) is 25.1 Å². The normalized spacial score (nSPS) is 11.1. The zero-order chi connectivity index (χ0) is 19.2. The summed E-state index contributed by atoms with van der Waals surface area (Å²) in [6.07, 6.45) is 4.32. The standard InChI is InChI=1S/C19H14ClN3O4/c1-2-12(19(24)25)13-6-3-4-7-14(13)26-16-10-17(23-11-22-16)27-15-8-5-9-21-18(15)20/h2-11H,1H3,(H,24,25)/b12-2+. The van der Waals surface area contributed by atoms with Crippen molar-refractivity contribution >= 4 is 23.1 Å². The van der Waals surface area contributed by atoms with Gasteiger partial charge in [0.2, 0.25) is 11.8 Å². The number of allylic oxidation sites excluding steroid dienone is 1. The second kappa shape index (κ2) is 8.29. The van der Waals surface area contributed by atoms with Crippen LogP contribution in [0.25, 0.3) is 5.57 Å². The van der Waals surface area contributed by atoms with Gasteiger partial charge in [0.05, 0.1) is 11.6 Å². The average Bonchev–Trinajstić information content (AvgIpc) is 2.66. The van der Waals surface area contributed by atoms with Gasteiger partial charge < -0.3 is 14.6 Å². The highest BCUT2D eigenvalue weighted by molar-refractivity contribution is 6.30. The molecule has 8 heteroatoms. The zero-order valence-corrected chi connectivity index (χ0v) is 14.9. The summed E-state index contributed by atoms with van der Waals surface area (Å²) in [6, 6.07) is 11.6. The van der Waals surface area contributed by atoms with Crippen LogP contribution in [0.2, 0.25) is 5.15 Å². The van der Waals surface area contributed by atoms with E-state index < -0.39 is 5.97 Å². The first kappa shape index (κ1) is 18.3. The molecular formula is C19H14ClN3O4. The number of hydrogen-bond acceptors (Lipinski definition) is 6. The minimum Gasteiger partial charge on any atom is -0.478 e. The summed E-state index contributed by atoms with van der Waals surface area (Å²) in [5.41, 5.74) is 0.558. The second-order valence-electron chi connectivity index (χ2n) is 5.19. The minimum absolute atomic E-state index is 0.123. The molecule has 0 spiro atoms. The number of aliphatic carboxylic acids is 1. The average molecular weight is 384 g/mol. The van der Waals surface area contributed by atoms with E-state index in [0.29, 0.717) is 17.1 Å². The lowest BCUT2D eigenvalue weighted by Crippen LogP contribution is -2.02. The van der Waals surface area contributed by atoms with Crippen LogP contribution in [0.4, 0.5) is 0 Å². The SMILES string of the molecule is C/C=C(/C(=O)O)c1ccccc1Oc1cc(Oc2cccnc2Cl)ncn1. The van der Waals surface area contributed by atoms with Gasteiger partial charge in [0.1, 0.15) is 12.1 Å². The molecule has 1 aromatic carbocycles. The molecule has 136 valence electrons. The summed E-state index contributed by atoms with van der Waals surface area (Å²) in [6.45, 7) is 1.65. The Morgan fingerprint density at radius 2 is 1.70 bits per heavy atom. The van der Waals surface area contributed by atoms with Gasteiger partial charge >= 0.3 is 5.97 Å². The quantitative estimate of drug-likeness (QED) is 0.491. The Morgan fingerprint density at radius 3 is 2.37 bits per heavy atom. The smallest absolute Gasteiger partial charge is 0.336 e. The van der Waals surface area contributed by atoms with Crippen LogP contribution in [-0.4, -0.2) is 26.0 Å². The Morgan fingerprint density at radius 1 is 1.04 bits per heavy atom. The largest absolute Gasteiger partial charge is 0.478 e. The highest BCUT2D eigenvalue weighted by atomic mass is 35.5.